The number of nitrogens with zero attached hydrogens (tertiary/aromatic N) is 5. The zero-order valence-corrected chi connectivity index (χ0v) is 14.2. The molecule has 3 aromatic rings. The SMILES string of the molecule is Cc1nn(-c2ccccc2)c(C)c1CC(=O)Nc1nc(C#N)c(C#N)[nH]1. The molecule has 0 radical (unpaired) electrons. The van der Waals surface area contributed by atoms with Gasteiger partial charge in [0.2, 0.25) is 11.9 Å². The average molecular weight is 345 g/mol. The van der Waals surface area contributed by atoms with Crippen molar-refractivity contribution in [1.82, 2.24) is 19.7 Å². The molecule has 1 aromatic carbocycles. The molecule has 0 aliphatic carbocycles. The topological polar surface area (TPSA) is 123 Å². The molecule has 8 heteroatoms. The molecule has 0 unspecified atom stereocenters. The second-order valence-electron chi connectivity index (χ2n) is 5.65. The number of aromatic nitrogens is 4. The van der Waals surface area contributed by atoms with Gasteiger partial charge in [-0.2, -0.15) is 15.6 Å². The van der Waals surface area contributed by atoms with E-state index >= 15 is 0 Å². The van der Waals surface area contributed by atoms with Crippen molar-refractivity contribution in [2.45, 2.75) is 20.3 Å². The third kappa shape index (κ3) is 3.17. The molecule has 0 atom stereocenters. The molecule has 0 saturated heterocycles. The lowest BCUT2D eigenvalue weighted by Gasteiger charge is -2.05. The monoisotopic (exact) mass is 345 g/mol. The van der Waals surface area contributed by atoms with Crippen molar-refractivity contribution in [2.75, 3.05) is 5.32 Å². The van der Waals surface area contributed by atoms with E-state index < -0.39 is 0 Å². The third-order valence-corrected chi connectivity index (χ3v) is 3.96. The van der Waals surface area contributed by atoms with Crippen LogP contribution in [0.5, 0.6) is 0 Å². The minimum absolute atomic E-state index is 0.0204. The lowest BCUT2D eigenvalue weighted by molar-refractivity contribution is -0.115. The third-order valence-electron chi connectivity index (χ3n) is 3.96. The maximum atomic E-state index is 12.4. The lowest BCUT2D eigenvalue weighted by atomic mass is 10.1. The van der Waals surface area contributed by atoms with Gasteiger partial charge in [0.05, 0.1) is 17.8 Å². The van der Waals surface area contributed by atoms with Crippen LogP contribution in [0.1, 0.15) is 28.3 Å². The summed E-state index contributed by atoms with van der Waals surface area (Å²) in [4.78, 5) is 18.9. The van der Waals surface area contributed by atoms with E-state index in [-0.39, 0.29) is 29.7 Å². The summed E-state index contributed by atoms with van der Waals surface area (Å²) in [5.74, 6) is -0.236. The highest BCUT2D eigenvalue weighted by atomic mass is 16.1. The number of aromatic amines is 1. The van der Waals surface area contributed by atoms with Crippen molar-refractivity contribution >= 4 is 11.9 Å². The summed E-state index contributed by atoms with van der Waals surface area (Å²) in [6.45, 7) is 3.76. The number of nitriles is 2. The second-order valence-corrected chi connectivity index (χ2v) is 5.65. The molecule has 0 saturated carbocycles. The Morgan fingerprint density at radius 1 is 1.23 bits per heavy atom. The van der Waals surface area contributed by atoms with Crippen LogP contribution >= 0.6 is 0 Å². The Morgan fingerprint density at radius 2 is 1.96 bits per heavy atom. The van der Waals surface area contributed by atoms with E-state index in [1.165, 1.54) is 0 Å². The smallest absolute Gasteiger partial charge is 0.231 e. The van der Waals surface area contributed by atoms with E-state index in [1.807, 2.05) is 50.2 Å². The van der Waals surface area contributed by atoms with Gasteiger partial charge in [0.1, 0.15) is 12.1 Å². The van der Waals surface area contributed by atoms with E-state index in [0.717, 1.165) is 22.6 Å². The Labute approximate surface area is 149 Å². The number of hydrogen-bond donors (Lipinski definition) is 2. The Balaban J connectivity index is 1.80. The fourth-order valence-electron chi connectivity index (χ4n) is 2.68. The number of H-pyrrole nitrogens is 1. The number of carbonyl (C=O) groups is 1. The van der Waals surface area contributed by atoms with Gasteiger partial charge in [-0.05, 0) is 26.0 Å². The van der Waals surface area contributed by atoms with Crippen LogP contribution in [-0.2, 0) is 11.2 Å². The van der Waals surface area contributed by atoms with Gasteiger partial charge < -0.3 is 4.98 Å². The number of benzene rings is 1. The van der Waals surface area contributed by atoms with Crippen molar-refractivity contribution in [3.63, 3.8) is 0 Å². The number of rotatable bonds is 4. The number of imidazole rings is 1. The molecule has 26 heavy (non-hydrogen) atoms. The zero-order valence-electron chi connectivity index (χ0n) is 14.2. The maximum absolute atomic E-state index is 12.4. The molecule has 8 nitrogen and oxygen atoms in total. The maximum Gasteiger partial charge on any atom is 0.231 e. The molecule has 1 amide bonds. The van der Waals surface area contributed by atoms with Crippen molar-refractivity contribution in [1.29, 1.82) is 10.5 Å². The molecule has 2 N–H and O–H groups in total. The number of anilines is 1. The first kappa shape index (κ1) is 16.9. The van der Waals surface area contributed by atoms with Crippen LogP contribution < -0.4 is 5.32 Å². The van der Waals surface area contributed by atoms with Crippen molar-refractivity contribution < 1.29 is 4.79 Å². The highest BCUT2D eigenvalue weighted by molar-refractivity contribution is 5.91. The van der Waals surface area contributed by atoms with E-state index in [9.17, 15) is 4.79 Å². The second kappa shape index (κ2) is 6.91. The van der Waals surface area contributed by atoms with E-state index in [0.29, 0.717) is 0 Å². The fourth-order valence-corrected chi connectivity index (χ4v) is 2.68. The quantitative estimate of drug-likeness (QED) is 0.750. The van der Waals surface area contributed by atoms with E-state index in [2.05, 4.69) is 20.4 Å². The summed E-state index contributed by atoms with van der Waals surface area (Å²) >= 11 is 0. The summed E-state index contributed by atoms with van der Waals surface area (Å²) in [5.41, 5.74) is 3.34. The van der Waals surface area contributed by atoms with Crippen molar-refractivity contribution in [3.05, 3.63) is 58.7 Å². The molecule has 0 bridgehead atoms. The highest BCUT2D eigenvalue weighted by Gasteiger charge is 2.17. The Hall–Kier alpha value is -3.91. The predicted octanol–water partition coefficient (Wildman–Crippen LogP) is 2.14. The molecule has 128 valence electrons. The molecule has 3 rings (SSSR count). The number of hydrogen-bond acceptors (Lipinski definition) is 5. The minimum atomic E-state index is -0.313. The van der Waals surface area contributed by atoms with Gasteiger partial charge in [-0.15, -0.1) is 0 Å². The van der Waals surface area contributed by atoms with Crippen LogP contribution in [0.3, 0.4) is 0 Å². The number of amides is 1. The summed E-state index contributed by atoms with van der Waals surface area (Å²) in [6.07, 6.45) is 0.106. The number of carbonyl (C=O) groups excluding carboxylic acids is 1. The summed E-state index contributed by atoms with van der Waals surface area (Å²) in [5, 5.41) is 24.9. The van der Waals surface area contributed by atoms with Crippen LogP contribution in [0, 0.1) is 36.5 Å². The van der Waals surface area contributed by atoms with Crippen LogP contribution in [-0.4, -0.2) is 25.7 Å². The number of aryl methyl sites for hydroxylation is 1. The first-order valence-corrected chi connectivity index (χ1v) is 7.84. The zero-order chi connectivity index (χ0) is 18.7. The number of nitrogens with one attached hydrogen (secondary N) is 2. The molecule has 0 aliphatic rings. The minimum Gasteiger partial charge on any atom is -0.314 e. The van der Waals surface area contributed by atoms with E-state index in [4.69, 9.17) is 10.5 Å². The first-order chi connectivity index (χ1) is 12.5. The predicted molar refractivity (Wildman–Crippen MR) is 93.4 cm³/mol. The van der Waals surface area contributed by atoms with Crippen molar-refractivity contribution in [3.8, 4) is 17.8 Å². The van der Waals surface area contributed by atoms with Gasteiger partial charge in [0.15, 0.2) is 11.4 Å². The summed E-state index contributed by atoms with van der Waals surface area (Å²) in [7, 11) is 0. The standard InChI is InChI=1S/C18H15N7O/c1-11-14(12(2)25(24-11)13-6-4-3-5-7-13)8-17(26)23-18-21-15(9-19)16(10-20)22-18/h3-7H,8H2,1-2H3,(H2,21,22,23,26). The fraction of sp³-hybridized carbons (Fsp3) is 0.167. The molecular formula is C18H15N7O. The highest BCUT2D eigenvalue weighted by Crippen LogP contribution is 2.19. The summed E-state index contributed by atoms with van der Waals surface area (Å²) < 4.78 is 1.80. The van der Waals surface area contributed by atoms with Crippen LogP contribution in [0.15, 0.2) is 30.3 Å². The Morgan fingerprint density at radius 3 is 2.58 bits per heavy atom. The first-order valence-electron chi connectivity index (χ1n) is 7.84. The van der Waals surface area contributed by atoms with Gasteiger partial charge >= 0.3 is 0 Å². The Bertz CT molecular complexity index is 1020. The summed E-state index contributed by atoms with van der Waals surface area (Å²) in [6, 6.07) is 13.3. The van der Waals surface area contributed by atoms with Gasteiger partial charge in [-0.3, -0.25) is 10.1 Å². The van der Waals surface area contributed by atoms with Crippen LogP contribution in [0.4, 0.5) is 5.95 Å². The van der Waals surface area contributed by atoms with Gasteiger partial charge in [-0.1, -0.05) is 18.2 Å². The van der Waals surface area contributed by atoms with Gasteiger partial charge in [-0.25, -0.2) is 9.67 Å². The Kier molecular flexibility index (Phi) is 4.50. The van der Waals surface area contributed by atoms with Gasteiger partial charge in [0, 0.05) is 11.3 Å². The normalized spacial score (nSPS) is 10.2. The lowest BCUT2D eigenvalue weighted by Crippen LogP contribution is -2.16. The molecule has 0 spiro atoms. The molecule has 2 heterocycles. The molecule has 0 aliphatic heterocycles. The van der Waals surface area contributed by atoms with E-state index in [1.54, 1.807) is 10.8 Å². The average Bonchev–Trinajstić information content (AvgIpc) is 3.17. The molecule has 2 aromatic heterocycles. The van der Waals surface area contributed by atoms with Crippen LogP contribution in [0.25, 0.3) is 5.69 Å². The van der Waals surface area contributed by atoms with Crippen molar-refractivity contribution in [2.24, 2.45) is 0 Å². The van der Waals surface area contributed by atoms with Crippen LogP contribution in [0.2, 0.25) is 0 Å². The largest absolute Gasteiger partial charge is 0.314 e. The molecular weight excluding hydrogens is 330 g/mol. The number of para-hydroxylation sites is 1. The molecule has 0 fully saturated rings. The van der Waals surface area contributed by atoms with Gasteiger partial charge in [0.25, 0.3) is 0 Å².